The number of fused-ring (bicyclic) bond motifs is 1. The van der Waals surface area contributed by atoms with Crippen molar-refractivity contribution in [1.82, 2.24) is 19.9 Å². The van der Waals surface area contributed by atoms with Crippen LogP contribution >= 0.6 is 11.3 Å². The van der Waals surface area contributed by atoms with Gasteiger partial charge in [0, 0.05) is 11.1 Å². The van der Waals surface area contributed by atoms with Crippen LogP contribution in [0.5, 0.6) is 0 Å². The van der Waals surface area contributed by atoms with Gasteiger partial charge in [-0.1, -0.05) is 6.92 Å². The lowest BCUT2D eigenvalue weighted by Crippen LogP contribution is -2.12. The van der Waals surface area contributed by atoms with E-state index < -0.39 is 0 Å². The van der Waals surface area contributed by atoms with E-state index in [1.165, 1.54) is 11.2 Å². The van der Waals surface area contributed by atoms with Gasteiger partial charge in [-0.3, -0.25) is 5.43 Å². The SMILES string of the molecule is CCc1cc2c(NCc3ccncn3)nc(NN)nc2s1. The summed E-state index contributed by atoms with van der Waals surface area (Å²) in [6, 6.07) is 3.97. The third-order valence-corrected chi connectivity index (χ3v) is 4.17. The Morgan fingerprint density at radius 3 is 2.95 bits per heavy atom. The molecule has 0 bridgehead atoms. The van der Waals surface area contributed by atoms with Crippen molar-refractivity contribution in [3.63, 3.8) is 0 Å². The molecule has 108 valence electrons. The summed E-state index contributed by atoms with van der Waals surface area (Å²) in [5.74, 6) is 6.59. The summed E-state index contributed by atoms with van der Waals surface area (Å²) in [6.07, 6.45) is 4.21. The Labute approximate surface area is 125 Å². The molecule has 0 radical (unpaired) electrons. The van der Waals surface area contributed by atoms with Crippen LogP contribution in [-0.4, -0.2) is 19.9 Å². The van der Waals surface area contributed by atoms with Crippen LogP contribution in [0.3, 0.4) is 0 Å². The molecule has 3 aromatic rings. The quantitative estimate of drug-likeness (QED) is 0.489. The maximum atomic E-state index is 5.44. The average molecular weight is 301 g/mol. The Morgan fingerprint density at radius 2 is 2.24 bits per heavy atom. The van der Waals surface area contributed by atoms with Gasteiger partial charge in [0.1, 0.15) is 17.0 Å². The molecule has 0 aliphatic carbocycles. The first kappa shape index (κ1) is 13.7. The topological polar surface area (TPSA) is 102 Å². The third kappa shape index (κ3) is 2.91. The number of thiophene rings is 1. The van der Waals surface area contributed by atoms with Gasteiger partial charge in [0.2, 0.25) is 5.95 Å². The summed E-state index contributed by atoms with van der Waals surface area (Å²) in [4.78, 5) is 19.0. The van der Waals surface area contributed by atoms with Crippen LogP contribution in [0.2, 0.25) is 0 Å². The summed E-state index contributed by atoms with van der Waals surface area (Å²) in [6.45, 7) is 2.68. The smallest absolute Gasteiger partial charge is 0.240 e. The first-order valence-corrected chi connectivity index (χ1v) is 7.37. The Hall–Kier alpha value is -2.32. The van der Waals surface area contributed by atoms with Crippen molar-refractivity contribution in [3.05, 3.63) is 35.2 Å². The summed E-state index contributed by atoms with van der Waals surface area (Å²) in [7, 11) is 0. The Morgan fingerprint density at radius 1 is 1.33 bits per heavy atom. The maximum Gasteiger partial charge on any atom is 0.240 e. The van der Waals surface area contributed by atoms with Gasteiger partial charge in [-0.2, -0.15) is 4.98 Å². The van der Waals surface area contributed by atoms with Crippen molar-refractivity contribution in [2.75, 3.05) is 10.7 Å². The number of hydrogen-bond donors (Lipinski definition) is 3. The van der Waals surface area contributed by atoms with E-state index in [4.69, 9.17) is 5.84 Å². The highest BCUT2D eigenvalue weighted by Gasteiger charge is 2.11. The molecular weight excluding hydrogens is 286 g/mol. The molecule has 7 nitrogen and oxygen atoms in total. The van der Waals surface area contributed by atoms with E-state index in [9.17, 15) is 0 Å². The fourth-order valence-corrected chi connectivity index (χ4v) is 2.91. The highest BCUT2D eigenvalue weighted by atomic mass is 32.1. The number of nitrogen functional groups attached to an aromatic ring is 1. The Balaban J connectivity index is 1.94. The number of nitrogens with one attached hydrogen (secondary N) is 2. The molecule has 0 aliphatic heterocycles. The molecule has 3 rings (SSSR count). The number of aryl methyl sites for hydroxylation is 1. The number of anilines is 2. The van der Waals surface area contributed by atoms with Gasteiger partial charge in [0.25, 0.3) is 0 Å². The molecule has 3 aromatic heterocycles. The molecule has 0 amide bonds. The van der Waals surface area contributed by atoms with Crippen molar-refractivity contribution >= 4 is 33.3 Å². The molecule has 0 aromatic carbocycles. The zero-order chi connectivity index (χ0) is 14.7. The summed E-state index contributed by atoms with van der Waals surface area (Å²) in [5.41, 5.74) is 3.40. The minimum absolute atomic E-state index is 0.400. The molecule has 0 aliphatic rings. The molecule has 0 fully saturated rings. The predicted molar refractivity (Wildman–Crippen MR) is 84.0 cm³/mol. The molecular formula is C13H15N7S. The monoisotopic (exact) mass is 301 g/mol. The second-order valence-electron chi connectivity index (χ2n) is 4.38. The van der Waals surface area contributed by atoms with Gasteiger partial charge in [-0.05, 0) is 18.6 Å². The normalized spacial score (nSPS) is 10.8. The lowest BCUT2D eigenvalue weighted by molar-refractivity contribution is 0.996. The standard InChI is InChI=1S/C13H15N7S/c1-2-9-5-10-11(16-6-8-3-4-15-7-17-8)18-13(20-14)19-12(10)21-9/h3-5,7H,2,6,14H2,1H3,(H2,16,18,19,20). The van der Waals surface area contributed by atoms with Gasteiger partial charge >= 0.3 is 0 Å². The number of aromatic nitrogens is 4. The largest absolute Gasteiger partial charge is 0.364 e. The second kappa shape index (κ2) is 5.98. The van der Waals surface area contributed by atoms with Crippen molar-refractivity contribution in [2.45, 2.75) is 19.9 Å². The molecule has 21 heavy (non-hydrogen) atoms. The first-order valence-electron chi connectivity index (χ1n) is 6.56. The van der Waals surface area contributed by atoms with E-state index in [1.54, 1.807) is 17.5 Å². The van der Waals surface area contributed by atoms with E-state index in [1.807, 2.05) is 6.07 Å². The molecule has 0 saturated heterocycles. The highest BCUT2D eigenvalue weighted by Crippen LogP contribution is 2.30. The fraction of sp³-hybridized carbons (Fsp3) is 0.231. The zero-order valence-corrected chi connectivity index (χ0v) is 12.3. The average Bonchev–Trinajstić information content (AvgIpc) is 2.96. The van der Waals surface area contributed by atoms with Crippen molar-refractivity contribution in [2.24, 2.45) is 5.84 Å². The van der Waals surface area contributed by atoms with Gasteiger partial charge in [0.15, 0.2) is 0 Å². The van der Waals surface area contributed by atoms with Crippen LogP contribution in [0.15, 0.2) is 24.7 Å². The summed E-state index contributed by atoms with van der Waals surface area (Å²) < 4.78 is 0. The molecule has 4 N–H and O–H groups in total. The molecule has 8 heteroatoms. The predicted octanol–water partition coefficient (Wildman–Crippen LogP) is 1.94. The number of hydrazine groups is 1. The number of nitrogens with zero attached hydrogens (tertiary/aromatic N) is 4. The maximum absolute atomic E-state index is 5.44. The van der Waals surface area contributed by atoms with E-state index >= 15 is 0 Å². The van der Waals surface area contributed by atoms with Gasteiger partial charge in [-0.25, -0.2) is 20.8 Å². The van der Waals surface area contributed by atoms with E-state index in [2.05, 4.69) is 43.7 Å². The fourth-order valence-electron chi connectivity index (χ4n) is 1.94. The lowest BCUT2D eigenvalue weighted by atomic mass is 10.3. The van der Waals surface area contributed by atoms with Gasteiger partial charge in [-0.15, -0.1) is 11.3 Å². The Bertz CT molecular complexity index is 741. The van der Waals surface area contributed by atoms with E-state index in [-0.39, 0.29) is 0 Å². The summed E-state index contributed by atoms with van der Waals surface area (Å²) >= 11 is 1.65. The number of rotatable bonds is 5. The Kier molecular flexibility index (Phi) is 3.89. The van der Waals surface area contributed by atoms with Gasteiger partial charge < -0.3 is 5.32 Å². The van der Waals surface area contributed by atoms with E-state index in [0.717, 1.165) is 28.1 Å². The van der Waals surface area contributed by atoms with E-state index in [0.29, 0.717) is 12.5 Å². The minimum atomic E-state index is 0.400. The number of hydrogen-bond acceptors (Lipinski definition) is 8. The third-order valence-electron chi connectivity index (χ3n) is 3.00. The lowest BCUT2D eigenvalue weighted by Gasteiger charge is -2.07. The van der Waals surface area contributed by atoms with Crippen molar-refractivity contribution in [3.8, 4) is 0 Å². The zero-order valence-electron chi connectivity index (χ0n) is 11.5. The molecule has 0 unspecified atom stereocenters. The molecule has 0 atom stereocenters. The minimum Gasteiger partial charge on any atom is -0.364 e. The van der Waals surface area contributed by atoms with Crippen molar-refractivity contribution < 1.29 is 0 Å². The van der Waals surface area contributed by atoms with Crippen LogP contribution in [0.1, 0.15) is 17.5 Å². The van der Waals surface area contributed by atoms with Crippen LogP contribution in [0.4, 0.5) is 11.8 Å². The number of nitrogens with two attached hydrogens (primary N) is 1. The highest BCUT2D eigenvalue weighted by molar-refractivity contribution is 7.18. The molecule has 0 spiro atoms. The molecule has 3 heterocycles. The van der Waals surface area contributed by atoms with Crippen LogP contribution in [0, 0.1) is 0 Å². The first-order chi connectivity index (χ1) is 10.3. The van der Waals surface area contributed by atoms with Crippen LogP contribution in [0.25, 0.3) is 10.2 Å². The summed E-state index contributed by atoms with van der Waals surface area (Å²) in [5, 5.41) is 4.29. The molecule has 0 saturated carbocycles. The van der Waals surface area contributed by atoms with Gasteiger partial charge in [0.05, 0.1) is 17.6 Å². The second-order valence-corrected chi connectivity index (χ2v) is 5.49. The van der Waals surface area contributed by atoms with Crippen LogP contribution in [-0.2, 0) is 13.0 Å². The van der Waals surface area contributed by atoms with Crippen molar-refractivity contribution in [1.29, 1.82) is 0 Å². The van der Waals surface area contributed by atoms with Crippen LogP contribution < -0.4 is 16.6 Å².